The third-order valence-electron chi connectivity index (χ3n) is 2.71. The van der Waals surface area contributed by atoms with Crippen molar-refractivity contribution < 1.29 is 4.79 Å². The van der Waals surface area contributed by atoms with Crippen molar-refractivity contribution in [3.8, 4) is 0 Å². The number of imidazole rings is 1. The predicted molar refractivity (Wildman–Crippen MR) is 64.2 cm³/mol. The molecular weight excluding hydrogens is 202 g/mol. The number of rotatable bonds is 6. The van der Waals surface area contributed by atoms with E-state index in [1.54, 1.807) is 0 Å². The van der Waals surface area contributed by atoms with Crippen LogP contribution in [0.4, 0.5) is 0 Å². The van der Waals surface area contributed by atoms with Crippen LogP contribution in [0.3, 0.4) is 0 Å². The van der Waals surface area contributed by atoms with Gasteiger partial charge in [0.2, 0.25) is 5.91 Å². The minimum Gasteiger partial charge on any atom is -0.346 e. The maximum atomic E-state index is 11.7. The first-order valence-corrected chi connectivity index (χ1v) is 5.95. The van der Waals surface area contributed by atoms with Crippen LogP contribution in [0.1, 0.15) is 38.2 Å². The minimum atomic E-state index is 0.251. The Morgan fingerprint density at radius 2 is 2.12 bits per heavy atom. The molecule has 0 saturated carbocycles. The number of nitrogens with zero attached hydrogens (tertiary/aromatic N) is 2. The molecule has 1 amide bonds. The third-order valence-corrected chi connectivity index (χ3v) is 2.71. The van der Waals surface area contributed by atoms with E-state index in [0.717, 1.165) is 37.4 Å². The number of H-pyrrole nitrogens is 1. The molecule has 90 valence electrons. The van der Waals surface area contributed by atoms with Crippen molar-refractivity contribution in [2.45, 2.75) is 40.0 Å². The second-order valence-electron chi connectivity index (χ2n) is 3.91. The van der Waals surface area contributed by atoms with E-state index in [9.17, 15) is 4.79 Å². The molecule has 1 aromatic heterocycles. The number of nitrogens with one attached hydrogen (secondary N) is 1. The maximum absolute atomic E-state index is 11.7. The number of hydrogen-bond donors (Lipinski definition) is 1. The van der Waals surface area contributed by atoms with Gasteiger partial charge in [-0.1, -0.05) is 0 Å². The van der Waals surface area contributed by atoms with Gasteiger partial charge in [0, 0.05) is 31.4 Å². The lowest BCUT2D eigenvalue weighted by atomic mass is 10.2. The quantitative estimate of drug-likeness (QED) is 0.801. The van der Waals surface area contributed by atoms with E-state index in [1.807, 2.05) is 31.9 Å². The Bertz CT molecular complexity index is 329. The second-order valence-corrected chi connectivity index (χ2v) is 3.91. The third kappa shape index (κ3) is 3.68. The Kier molecular flexibility index (Phi) is 5.02. The molecule has 1 N–H and O–H groups in total. The summed E-state index contributed by atoms with van der Waals surface area (Å²) in [5.74, 6) is 1.19. The van der Waals surface area contributed by atoms with Gasteiger partial charge in [-0.3, -0.25) is 4.79 Å². The summed E-state index contributed by atoms with van der Waals surface area (Å²) in [5.41, 5.74) is 1.12. The van der Waals surface area contributed by atoms with Crippen LogP contribution < -0.4 is 0 Å². The molecule has 0 aliphatic rings. The second kappa shape index (κ2) is 6.30. The molecule has 0 saturated heterocycles. The zero-order chi connectivity index (χ0) is 12.0. The van der Waals surface area contributed by atoms with E-state index < -0.39 is 0 Å². The van der Waals surface area contributed by atoms with Crippen LogP contribution in [0.2, 0.25) is 0 Å². The van der Waals surface area contributed by atoms with E-state index >= 15 is 0 Å². The van der Waals surface area contributed by atoms with Crippen molar-refractivity contribution in [2.24, 2.45) is 0 Å². The lowest BCUT2D eigenvalue weighted by Crippen LogP contribution is -2.30. The molecule has 1 aromatic rings. The van der Waals surface area contributed by atoms with Crippen LogP contribution in [0.5, 0.6) is 0 Å². The molecule has 4 heteroatoms. The standard InChI is InChI=1S/C12H21N3O/c1-4-15(5-2)12(16)8-6-7-11-9-13-10(3)14-11/h9H,4-8H2,1-3H3,(H,13,14). The fraction of sp³-hybridized carbons (Fsp3) is 0.667. The van der Waals surface area contributed by atoms with Crippen LogP contribution in [-0.4, -0.2) is 33.9 Å². The summed E-state index contributed by atoms with van der Waals surface area (Å²) < 4.78 is 0. The summed E-state index contributed by atoms with van der Waals surface area (Å²) in [6.07, 6.45) is 4.25. The van der Waals surface area contributed by atoms with Crippen molar-refractivity contribution in [1.29, 1.82) is 0 Å². The Morgan fingerprint density at radius 1 is 1.44 bits per heavy atom. The average molecular weight is 223 g/mol. The lowest BCUT2D eigenvalue weighted by molar-refractivity contribution is -0.130. The number of aromatic nitrogens is 2. The Balaban J connectivity index is 2.27. The first kappa shape index (κ1) is 12.7. The van der Waals surface area contributed by atoms with E-state index in [1.165, 1.54) is 0 Å². The highest BCUT2D eigenvalue weighted by molar-refractivity contribution is 5.76. The molecule has 0 fully saturated rings. The Labute approximate surface area is 97.1 Å². The van der Waals surface area contributed by atoms with Crippen LogP contribution in [0, 0.1) is 6.92 Å². The smallest absolute Gasteiger partial charge is 0.222 e. The highest BCUT2D eigenvalue weighted by Crippen LogP contribution is 2.04. The van der Waals surface area contributed by atoms with Crippen molar-refractivity contribution in [3.05, 3.63) is 17.7 Å². The van der Waals surface area contributed by atoms with E-state index in [0.29, 0.717) is 6.42 Å². The van der Waals surface area contributed by atoms with E-state index in [4.69, 9.17) is 0 Å². The van der Waals surface area contributed by atoms with Gasteiger partial charge in [0.15, 0.2) is 0 Å². The molecule has 4 nitrogen and oxygen atoms in total. The Morgan fingerprint density at radius 3 is 2.62 bits per heavy atom. The van der Waals surface area contributed by atoms with Gasteiger partial charge in [-0.15, -0.1) is 0 Å². The fourth-order valence-corrected chi connectivity index (χ4v) is 1.76. The molecule has 1 heterocycles. The minimum absolute atomic E-state index is 0.251. The van der Waals surface area contributed by atoms with Gasteiger partial charge >= 0.3 is 0 Å². The van der Waals surface area contributed by atoms with Crippen LogP contribution in [0.15, 0.2) is 6.20 Å². The zero-order valence-electron chi connectivity index (χ0n) is 10.4. The van der Waals surface area contributed by atoms with Crippen LogP contribution >= 0.6 is 0 Å². The normalized spacial score (nSPS) is 10.4. The monoisotopic (exact) mass is 223 g/mol. The zero-order valence-corrected chi connectivity index (χ0v) is 10.4. The summed E-state index contributed by atoms with van der Waals surface area (Å²) in [5, 5.41) is 0. The van der Waals surface area contributed by atoms with Gasteiger partial charge in [-0.25, -0.2) is 4.98 Å². The SMILES string of the molecule is CCN(CC)C(=O)CCCc1cnc(C)[nH]1. The fourth-order valence-electron chi connectivity index (χ4n) is 1.76. The topological polar surface area (TPSA) is 49.0 Å². The lowest BCUT2D eigenvalue weighted by Gasteiger charge is -2.18. The van der Waals surface area contributed by atoms with Gasteiger partial charge < -0.3 is 9.88 Å². The largest absolute Gasteiger partial charge is 0.346 e. The first-order chi connectivity index (χ1) is 7.67. The van der Waals surface area contributed by atoms with Gasteiger partial charge in [-0.2, -0.15) is 0 Å². The van der Waals surface area contributed by atoms with Crippen molar-refractivity contribution >= 4 is 5.91 Å². The van der Waals surface area contributed by atoms with Crippen molar-refractivity contribution in [3.63, 3.8) is 0 Å². The maximum Gasteiger partial charge on any atom is 0.222 e. The van der Waals surface area contributed by atoms with Crippen molar-refractivity contribution in [2.75, 3.05) is 13.1 Å². The number of hydrogen-bond acceptors (Lipinski definition) is 2. The van der Waals surface area contributed by atoms with Gasteiger partial charge in [-0.05, 0) is 33.6 Å². The number of carbonyl (C=O) groups excluding carboxylic acids is 1. The highest BCUT2D eigenvalue weighted by Gasteiger charge is 2.08. The van der Waals surface area contributed by atoms with Crippen LogP contribution in [-0.2, 0) is 11.2 Å². The number of aromatic amines is 1. The summed E-state index contributed by atoms with van der Waals surface area (Å²) >= 11 is 0. The number of carbonyl (C=O) groups is 1. The van der Waals surface area contributed by atoms with Gasteiger partial charge in [0.1, 0.15) is 5.82 Å². The summed E-state index contributed by atoms with van der Waals surface area (Å²) in [4.78, 5) is 20.9. The van der Waals surface area contributed by atoms with Gasteiger partial charge in [0.05, 0.1) is 0 Å². The molecule has 0 unspecified atom stereocenters. The average Bonchev–Trinajstić information content (AvgIpc) is 2.66. The van der Waals surface area contributed by atoms with E-state index in [-0.39, 0.29) is 5.91 Å². The molecule has 0 radical (unpaired) electrons. The number of aryl methyl sites for hydroxylation is 2. The van der Waals surface area contributed by atoms with E-state index in [2.05, 4.69) is 9.97 Å². The molecular formula is C12H21N3O. The molecule has 1 rings (SSSR count). The molecule has 0 aromatic carbocycles. The highest BCUT2D eigenvalue weighted by atomic mass is 16.2. The van der Waals surface area contributed by atoms with Crippen LogP contribution in [0.25, 0.3) is 0 Å². The number of amides is 1. The predicted octanol–water partition coefficient (Wildman–Crippen LogP) is 1.91. The summed E-state index contributed by atoms with van der Waals surface area (Å²) in [7, 11) is 0. The first-order valence-electron chi connectivity index (χ1n) is 5.95. The molecule has 0 bridgehead atoms. The van der Waals surface area contributed by atoms with Crippen molar-refractivity contribution in [1.82, 2.24) is 14.9 Å². The molecule has 0 spiro atoms. The summed E-state index contributed by atoms with van der Waals surface area (Å²) in [6.45, 7) is 7.57. The summed E-state index contributed by atoms with van der Waals surface area (Å²) in [6, 6.07) is 0. The van der Waals surface area contributed by atoms with Gasteiger partial charge in [0.25, 0.3) is 0 Å². The molecule has 16 heavy (non-hydrogen) atoms. The molecule has 0 aliphatic heterocycles. The molecule has 0 aliphatic carbocycles. The molecule has 0 atom stereocenters. The Hall–Kier alpha value is -1.32.